The van der Waals surface area contributed by atoms with Gasteiger partial charge in [0.05, 0.1) is 14.6 Å². The smallest absolute Gasteiger partial charge is 0.148 e. The third-order valence-electron chi connectivity index (χ3n) is 5.45. The van der Waals surface area contributed by atoms with Crippen molar-refractivity contribution in [3.05, 3.63) is 129 Å². The molecule has 0 amide bonds. The van der Waals surface area contributed by atoms with Crippen molar-refractivity contribution in [2.45, 2.75) is 6.61 Å². The molecule has 0 aliphatic heterocycles. The van der Waals surface area contributed by atoms with Gasteiger partial charge in [-0.15, -0.1) is 0 Å². The number of aliphatic imine (C=N–C) groups is 1. The molecule has 0 bridgehead atoms. The Bertz CT molecular complexity index is 1450. The number of benzene rings is 5. The molecule has 5 rings (SSSR count). The fraction of sp³-hybridized carbons (Fsp3) is 0.0333. The Morgan fingerprint density at radius 2 is 1.34 bits per heavy atom. The number of rotatable bonds is 7. The van der Waals surface area contributed by atoms with Gasteiger partial charge in [0.15, 0.2) is 0 Å². The highest BCUT2D eigenvalue weighted by atomic mass is 79.9. The zero-order valence-electron chi connectivity index (χ0n) is 18.7. The molecule has 0 radical (unpaired) electrons. The minimum atomic E-state index is 0.476. The predicted molar refractivity (Wildman–Crippen MR) is 150 cm³/mol. The molecule has 0 N–H and O–H groups in total. The second-order valence-corrected chi connectivity index (χ2v) is 9.62. The Kier molecular flexibility index (Phi) is 7.26. The van der Waals surface area contributed by atoms with Crippen LogP contribution in [0.5, 0.6) is 17.2 Å². The van der Waals surface area contributed by atoms with Gasteiger partial charge >= 0.3 is 0 Å². The second-order valence-electron chi connectivity index (χ2n) is 7.91. The quantitative estimate of drug-likeness (QED) is 0.178. The third-order valence-corrected chi connectivity index (χ3v) is 6.63. The topological polar surface area (TPSA) is 30.8 Å². The molecule has 0 spiro atoms. The summed E-state index contributed by atoms with van der Waals surface area (Å²) in [5.74, 6) is 2.34. The Morgan fingerprint density at radius 3 is 2.11 bits per heavy atom. The van der Waals surface area contributed by atoms with Gasteiger partial charge in [0, 0.05) is 6.21 Å². The molecule has 0 heterocycles. The molecule has 35 heavy (non-hydrogen) atoms. The minimum Gasteiger partial charge on any atom is -0.487 e. The highest BCUT2D eigenvalue weighted by Crippen LogP contribution is 2.35. The highest BCUT2D eigenvalue weighted by molar-refractivity contribution is 9.11. The molecular formula is C30H21Br2NO2. The lowest BCUT2D eigenvalue weighted by molar-refractivity contribution is 0.303. The fourth-order valence-electron chi connectivity index (χ4n) is 3.73. The van der Waals surface area contributed by atoms with Crippen LogP contribution in [0.15, 0.2) is 123 Å². The summed E-state index contributed by atoms with van der Waals surface area (Å²) in [6.45, 7) is 0.476. The van der Waals surface area contributed by atoms with Gasteiger partial charge in [-0.3, -0.25) is 4.99 Å². The van der Waals surface area contributed by atoms with Gasteiger partial charge in [-0.2, -0.15) is 0 Å². The summed E-state index contributed by atoms with van der Waals surface area (Å²) in [5.41, 5.74) is 2.94. The van der Waals surface area contributed by atoms with Crippen molar-refractivity contribution in [3.8, 4) is 17.2 Å². The molecule has 5 aromatic rings. The Morgan fingerprint density at radius 1 is 0.686 bits per heavy atom. The maximum atomic E-state index is 6.19. The first kappa shape index (κ1) is 23.3. The molecule has 172 valence electrons. The van der Waals surface area contributed by atoms with Crippen LogP contribution in [0.2, 0.25) is 0 Å². The lowest BCUT2D eigenvalue weighted by atomic mass is 10.1. The van der Waals surface area contributed by atoms with Gasteiger partial charge in [0.25, 0.3) is 0 Å². The lowest BCUT2D eigenvalue weighted by Gasteiger charge is -2.13. The van der Waals surface area contributed by atoms with Gasteiger partial charge in [-0.1, -0.05) is 60.7 Å². The number of hydrogen-bond acceptors (Lipinski definition) is 3. The summed E-state index contributed by atoms with van der Waals surface area (Å²) >= 11 is 7.31. The van der Waals surface area contributed by atoms with E-state index in [9.17, 15) is 0 Å². The zero-order valence-corrected chi connectivity index (χ0v) is 21.9. The SMILES string of the molecule is Brc1cc(C=Nc2ccc(Oc3ccccc3)cc2)cc(Br)c1OCc1cccc2ccccc12. The van der Waals surface area contributed by atoms with E-state index in [1.165, 1.54) is 10.8 Å². The maximum Gasteiger partial charge on any atom is 0.148 e. The van der Waals surface area contributed by atoms with Crippen LogP contribution in [0.25, 0.3) is 10.8 Å². The van der Waals surface area contributed by atoms with Gasteiger partial charge in [-0.05, 0) is 102 Å². The maximum absolute atomic E-state index is 6.19. The van der Waals surface area contributed by atoms with Gasteiger partial charge in [0.1, 0.15) is 23.9 Å². The van der Waals surface area contributed by atoms with Crippen LogP contribution in [0.3, 0.4) is 0 Å². The van der Waals surface area contributed by atoms with E-state index in [1.807, 2.05) is 79.0 Å². The first-order valence-electron chi connectivity index (χ1n) is 11.1. The lowest BCUT2D eigenvalue weighted by Crippen LogP contribution is -1.98. The zero-order chi connectivity index (χ0) is 24.0. The Hall–Kier alpha value is -3.41. The molecule has 0 unspecified atom stereocenters. The van der Waals surface area contributed by atoms with E-state index in [0.717, 1.165) is 43.0 Å². The third kappa shape index (κ3) is 5.81. The Labute approximate surface area is 221 Å². The van der Waals surface area contributed by atoms with Crippen LogP contribution in [0.1, 0.15) is 11.1 Å². The summed E-state index contributed by atoms with van der Waals surface area (Å²) in [6.07, 6.45) is 1.83. The summed E-state index contributed by atoms with van der Waals surface area (Å²) in [4.78, 5) is 4.60. The molecule has 0 aromatic heterocycles. The van der Waals surface area contributed by atoms with Crippen molar-refractivity contribution in [2.24, 2.45) is 4.99 Å². The largest absolute Gasteiger partial charge is 0.487 e. The van der Waals surface area contributed by atoms with Crippen molar-refractivity contribution in [3.63, 3.8) is 0 Å². The van der Waals surface area contributed by atoms with E-state index in [0.29, 0.717) is 6.61 Å². The number of fused-ring (bicyclic) bond motifs is 1. The fourth-order valence-corrected chi connectivity index (χ4v) is 5.18. The number of hydrogen-bond donors (Lipinski definition) is 0. The van der Waals surface area contributed by atoms with Crippen molar-refractivity contribution in [2.75, 3.05) is 0 Å². The standard InChI is InChI=1S/C30H21Br2NO2/c31-28-17-21(19-33-24-13-15-26(16-14-24)35-25-10-2-1-3-11-25)18-29(32)30(28)34-20-23-9-6-8-22-7-4-5-12-27(22)23/h1-19H,20H2. The second kappa shape index (κ2) is 10.9. The van der Waals surface area contributed by atoms with Crippen molar-refractivity contribution in [1.82, 2.24) is 0 Å². The molecule has 5 heteroatoms. The average Bonchev–Trinajstić information content (AvgIpc) is 2.88. The number of para-hydroxylation sites is 1. The molecule has 5 aromatic carbocycles. The summed E-state index contributed by atoms with van der Waals surface area (Å²) < 4.78 is 13.8. The number of halogens is 2. The molecule has 3 nitrogen and oxygen atoms in total. The number of ether oxygens (including phenoxy) is 2. The summed E-state index contributed by atoms with van der Waals surface area (Å²) in [5, 5.41) is 2.41. The van der Waals surface area contributed by atoms with Crippen LogP contribution < -0.4 is 9.47 Å². The normalized spacial score (nSPS) is 11.1. The van der Waals surface area contributed by atoms with Crippen LogP contribution in [0, 0.1) is 0 Å². The van der Waals surface area contributed by atoms with Crippen LogP contribution in [0.4, 0.5) is 5.69 Å². The van der Waals surface area contributed by atoms with Crippen molar-refractivity contribution in [1.29, 1.82) is 0 Å². The summed E-state index contributed by atoms with van der Waals surface area (Å²) in [7, 11) is 0. The van der Waals surface area contributed by atoms with E-state index in [4.69, 9.17) is 9.47 Å². The van der Waals surface area contributed by atoms with E-state index < -0.39 is 0 Å². The highest BCUT2D eigenvalue weighted by Gasteiger charge is 2.10. The monoisotopic (exact) mass is 585 g/mol. The van der Waals surface area contributed by atoms with E-state index in [1.54, 1.807) is 0 Å². The minimum absolute atomic E-state index is 0.476. The van der Waals surface area contributed by atoms with E-state index >= 15 is 0 Å². The van der Waals surface area contributed by atoms with Crippen LogP contribution in [-0.4, -0.2) is 6.21 Å². The van der Waals surface area contributed by atoms with Gasteiger partial charge in [-0.25, -0.2) is 0 Å². The van der Waals surface area contributed by atoms with Crippen LogP contribution >= 0.6 is 31.9 Å². The molecular weight excluding hydrogens is 566 g/mol. The predicted octanol–water partition coefficient (Wildman–Crippen LogP) is 9.49. The molecule has 0 fully saturated rings. The van der Waals surface area contributed by atoms with Crippen LogP contribution in [-0.2, 0) is 6.61 Å². The van der Waals surface area contributed by atoms with Crippen molar-refractivity contribution < 1.29 is 9.47 Å². The Balaban J connectivity index is 1.27. The molecule has 0 atom stereocenters. The molecule has 0 saturated carbocycles. The van der Waals surface area contributed by atoms with Gasteiger partial charge < -0.3 is 9.47 Å². The first-order valence-corrected chi connectivity index (χ1v) is 12.7. The molecule has 0 saturated heterocycles. The average molecular weight is 587 g/mol. The summed E-state index contributed by atoms with van der Waals surface area (Å²) in [6, 6.07) is 36.0. The van der Waals surface area contributed by atoms with Crippen molar-refractivity contribution >= 4 is 54.5 Å². The molecule has 0 aliphatic rings. The number of nitrogens with zero attached hydrogens (tertiary/aromatic N) is 1. The first-order chi connectivity index (χ1) is 17.2. The molecule has 0 aliphatic carbocycles. The van der Waals surface area contributed by atoms with Gasteiger partial charge in [0.2, 0.25) is 0 Å². The van der Waals surface area contributed by atoms with E-state index in [-0.39, 0.29) is 0 Å². The van der Waals surface area contributed by atoms with E-state index in [2.05, 4.69) is 73.3 Å².